The minimum Gasteiger partial charge on any atom is -0.445 e. The molecule has 1 aliphatic heterocycles. The van der Waals surface area contributed by atoms with E-state index in [1.807, 2.05) is 24.3 Å². The van der Waals surface area contributed by atoms with Crippen LogP contribution in [-0.2, 0) is 22.9 Å². The summed E-state index contributed by atoms with van der Waals surface area (Å²) in [5.41, 5.74) is 1.09. The fourth-order valence-corrected chi connectivity index (χ4v) is 2.14. The van der Waals surface area contributed by atoms with Crippen molar-refractivity contribution >= 4 is 19.0 Å². The standard InChI is InChI=1S/C7H7O2PS/c11-10-8-5-6-3-1-2-4-7(6)9-10/h1-4,10H,5H2. The Balaban J connectivity index is 2.41. The van der Waals surface area contributed by atoms with Gasteiger partial charge in [0, 0.05) is 5.56 Å². The van der Waals surface area contributed by atoms with Gasteiger partial charge < -0.3 is 9.05 Å². The fourth-order valence-electron chi connectivity index (χ4n) is 0.979. The van der Waals surface area contributed by atoms with E-state index >= 15 is 0 Å². The van der Waals surface area contributed by atoms with Crippen LogP contribution in [0.15, 0.2) is 24.3 Å². The second kappa shape index (κ2) is 2.94. The largest absolute Gasteiger partial charge is 0.445 e. The van der Waals surface area contributed by atoms with Crippen molar-refractivity contribution in [3.8, 4) is 5.75 Å². The average Bonchev–Trinajstić information content (AvgIpc) is 2.04. The molecule has 4 heteroatoms. The Bertz CT molecular complexity index is 300. The van der Waals surface area contributed by atoms with E-state index < -0.39 is 7.15 Å². The molecule has 1 atom stereocenters. The Morgan fingerprint density at radius 2 is 2.18 bits per heavy atom. The predicted octanol–water partition coefficient (Wildman–Crippen LogP) is 2.10. The molecule has 0 saturated heterocycles. The van der Waals surface area contributed by atoms with E-state index in [4.69, 9.17) is 20.9 Å². The SMILES string of the molecule is S=[PH]1OCc2ccccc2O1. The van der Waals surface area contributed by atoms with Crippen LogP contribution in [0.5, 0.6) is 5.75 Å². The Morgan fingerprint density at radius 3 is 3.09 bits per heavy atom. The molecule has 1 aromatic rings. The molecular formula is C7H7O2PS. The van der Waals surface area contributed by atoms with Gasteiger partial charge in [-0.3, -0.25) is 0 Å². The number of para-hydroxylation sites is 1. The summed E-state index contributed by atoms with van der Waals surface area (Å²) < 4.78 is 10.5. The van der Waals surface area contributed by atoms with Crippen molar-refractivity contribution < 1.29 is 9.05 Å². The zero-order chi connectivity index (χ0) is 7.68. The van der Waals surface area contributed by atoms with E-state index in [1.165, 1.54) is 0 Å². The fraction of sp³-hybridized carbons (Fsp3) is 0.143. The lowest BCUT2D eigenvalue weighted by Gasteiger charge is -2.18. The number of benzene rings is 1. The maximum atomic E-state index is 5.33. The zero-order valence-electron chi connectivity index (χ0n) is 5.74. The lowest BCUT2D eigenvalue weighted by molar-refractivity contribution is 0.291. The van der Waals surface area contributed by atoms with Crippen LogP contribution in [0.1, 0.15) is 5.56 Å². The van der Waals surface area contributed by atoms with Crippen molar-refractivity contribution in [3.05, 3.63) is 29.8 Å². The number of hydrogen-bond acceptors (Lipinski definition) is 3. The highest BCUT2D eigenvalue weighted by Crippen LogP contribution is 2.37. The topological polar surface area (TPSA) is 18.5 Å². The lowest BCUT2D eigenvalue weighted by atomic mass is 10.2. The van der Waals surface area contributed by atoms with Crippen molar-refractivity contribution in [2.24, 2.45) is 0 Å². The minimum absolute atomic E-state index is 0.605. The number of rotatable bonds is 0. The predicted molar refractivity (Wildman–Crippen MR) is 47.5 cm³/mol. The number of hydrogen-bond donors (Lipinski definition) is 0. The number of fused-ring (bicyclic) bond motifs is 1. The molecule has 0 saturated carbocycles. The molecule has 1 aliphatic rings. The third-order valence-electron chi connectivity index (χ3n) is 1.51. The van der Waals surface area contributed by atoms with Crippen LogP contribution in [0.25, 0.3) is 0 Å². The van der Waals surface area contributed by atoms with Crippen molar-refractivity contribution in [1.29, 1.82) is 0 Å². The summed E-state index contributed by atoms with van der Waals surface area (Å²) in [5.74, 6) is 0.891. The Hall–Kier alpha value is -0.370. The maximum absolute atomic E-state index is 5.33. The van der Waals surface area contributed by atoms with Gasteiger partial charge in [0.15, 0.2) is 0 Å². The first-order valence-corrected chi connectivity index (χ1v) is 5.74. The molecule has 1 heterocycles. The molecule has 0 spiro atoms. The molecule has 1 unspecified atom stereocenters. The molecule has 11 heavy (non-hydrogen) atoms. The van der Waals surface area contributed by atoms with Crippen LogP contribution in [0, 0.1) is 0 Å². The van der Waals surface area contributed by atoms with Gasteiger partial charge in [-0.1, -0.05) is 18.2 Å². The zero-order valence-corrected chi connectivity index (χ0v) is 7.56. The van der Waals surface area contributed by atoms with Crippen LogP contribution >= 0.6 is 7.15 Å². The molecule has 0 radical (unpaired) electrons. The van der Waals surface area contributed by atoms with E-state index in [9.17, 15) is 0 Å². The monoisotopic (exact) mass is 186 g/mol. The first-order chi connectivity index (χ1) is 5.36. The van der Waals surface area contributed by atoms with E-state index in [1.54, 1.807) is 0 Å². The van der Waals surface area contributed by atoms with Gasteiger partial charge in [-0.25, -0.2) is 0 Å². The molecular weight excluding hydrogens is 179 g/mol. The molecule has 0 fully saturated rings. The molecule has 0 N–H and O–H groups in total. The maximum Gasteiger partial charge on any atom is 0.226 e. The van der Waals surface area contributed by atoms with Gasteiger partial charge in [-0.2, -0.15) is 0 Å². The second-order valence-corrected chi connectivity index (χ2v) is 4.24. The van der Waals surface area contributed by atoms with Crippen molar-refractivity contribution in [1.82, 2.24) is 0 Å². The Kier molecular flexibility index (Phi) is 1.95. The average molecular weight is 186 g/mol. The van der Waals surface area contributed by atoms with Gasteiger partial charge in [0.2, 0.25) is 7.15 Å². The summed E-state index contributed by atoms with van der Waals surface area (Å²) in [5, 5.41) is 0. The quantitative estimate of drug-likeness (QED) is 0.578. The van der Waals surface area contributed by atoms with Gasteiger partial charge in [0.1, 0.15) is 5.75 Å². The molecule has 58 valence electrons. The summed E-state index contributed by atoms with van der Waals surface area (Å²) >= 11 is 4.92. The van der Waals surface area contributed by atoms with Crippen LogP contribution in [0.3, 0.4) is 0 Å². The Morgan fingerprint density at radius 1 is 1.36 bits per heavy atom. The van der Waals surface area contributed by atoms with Crippen molar-refractivity contribution in [2.75, 3.05) is 0 Å². The highest BCUT2D eigenvalue weighted by Gasteiger charge is 2.11. The van der Waals surface area contributed by atoms with E-state index in [-0.39, 0.29) is 0 Å². The molecule has 0 aromatic heterocycles. The molecule has 2 nitrogen and oxygen atoms in total. The summed E-state index contributed by atoms with van der Waals surface area (Å²) in [7, 11) is -1.42. The summed E-state index contributed by atoms with van der Waals surface area (Å²) in [6.45, 7) is 0.605. The first-order valence-electron chi connectivity index (χ1n) is 3.29. The van der Waals surface area contributed by atoms with Crippen LogP contribution in [-0.4, -0.2) is 0 Å². The van der Waals surface area contributed by atoms with Gasteiger partial charge in [0.05, 0.1) is 6.61 Å². The van der Waals surface area contributed by atoms with Gasteiger partial charge in [-0.05, 0) is 17.9 Å². The Labute approximate surface area is 70.7 Å². The van der Waals surface area contributed by atoms with Crippen LogP contribution in [0.2, 0.25) is 0 Å². The summed E-state index contributed by atoms with van der Waals surface area (Å²) in [6.07, 6.45) is 0. The van der Waals surface area contributed by atoms with Crippen molar-refractivity contribution in [2.45, 2.75) is 6.61 Å². The summed E-state index contributed by atoms with van der Waals surface area (Å²) in [4.78, 5) is 0. The van der Waals surface area contributed by atoms with Crippen LogP contribution < -0.4 is 4.52 Å². The van der Waals surface area contributed by atoms with Crippen LogP contribution in [0.4, 0.5) is 0 Å². The highest BCUT2D eigenvalue weighted by atomic mass is 32.4. The third-order valence-corrected chi connectivity index (χ3v) is 2.88. The summed E-state index contributed by atoms with van der Waals surface area (Å²) in [6, 6.07) is 7.81. The molecule has 0 bridgehead atoms. The minimum atomic E-state index is -1.42. The normalized spacial score (nSPS) is 22.0. The highest BCUT2D eigenvalue weighted by molar-refractivity contribution is 8.00. The smallest absolute Gasteiger partial charge is 0.226 e. The van der Waals surface area contributed by atoms with Crippen molar-refractivity contribution in [3.63, 3.8) is 0 Å². The second-order valence-electron chi connectivity index (χ2n) is 2.25. The molecule has 0 aliphatic carbocycles. The van der Waals surface area contributed by atoms with E-state index in [2.05, 4.69) is 0 Å². The van der Waals surface area contributed by atoms with Gasteiger partial charge in [0.25, 0.3) is 0 Å². The van der Waals surface area contributed by atoms with Gasteiger partial charge >= 0.3 is 0 Å². The third kappa shape index (κ3) is 1.45. The molecule has 2 rings (SSSR count). The lowest BCUT2D eigenvalue weighted by Crippen LogP contribution is -1.98. The van der Waals surface area contributed by atoms with E-state index in [0.29, 0.717) is 6.61 Å². The van der Waals surface area contributed by atoms with Gasteiger partial charge in [-0.15, -0.1) is 0 Å². The first kappa shape index (κ1) is 7.29. The molecule has 1 aromatic carbocycles. The molecule has 0 amide bonds. The van der Waals surface area contributed by atoms with E-state index in [0.717, 1.165) is 11.3 Å².